The fourth-order valence-corrected chi connectivity index (χ4v) is 11.7. The maximum atomic E-state index is 11.8. The number of aliphatic hydroxyl groups is 1. The van der Waals surface area contributed by atoms with Gasteiger partial charge in [0.05, 0.1) is 55.4 Å². The van der Waals surface area contributed by atoms with Crippen LogP contribution in [-0.2, 0) is 4.43 Å². The Morgan fingerprint density at radius 3 is 1.50 bits per heavy atom. The second kappa shape index (κ2) is 15.0. The molecule has 0 aliphatic rings. The predicted molar refractivity (Wildman–Crippen MR) is 171 cm³/mol. The second-order valence-corrected chi connectivity index (χ2v) is 17.0. The first kappa shape index (κ1) is 35.3. The van der Waals surface area contributed by atoms with Crippen LogP contribution in [0.15, 0.2) is 30.4 Å². The van der Waals surface area contributed by atoms with Crippen LogP contribution >= 0.6 is 0 Å². The van der Waals surface area contributed by atoms with E-state index in [1.54, 1.807) is 42.7 Å². The van der Waals surface area contributed by atoms with Crippen LogP contribution in [0.25, 0.3) is 11.1 Å². The van der Waals surface area contributed by atoms with Crippen LogP contribution in [0.2, 0.25) is 16.6 Å². The monoisotopic (exact) mass is 604 g/mol. The Hall–Kier alpha value is -2.88. The largest absolute Gasteiger partial charge is 0.493 e. The molecule has 8 nitrogen and oxygen atoms in total. The number of aliphatic hydroxyl groups excluding tert-OH is 1. The summed E-state index contributed by atoms with van der Waals surface area (Å²) in [6.45, 7) is 20.2. The molecule has 1 N–H and O–H groups in total. The Morgan fingerprint density at radius 1 is 0.667 bits per heavy atom. The van der Waals surface area contributed by atoms with Gasteiger partial charge in [0.15, 0.2) is 23.0 Å². The van der Waals surface area contributed by atoms with Crippen molar-refractivity contribution in [2.45, 2.75) is 71.2 Å². The number of ether oxygens (including phenoxy) is 6. The Bertz CT molecular complexity index is 1160. The molecule has 236 valence electrons. The van der Waals surface area contributed by atoms with Crippen LogP contribution in [0.4, 0.5) is 0 Å². The van der Waals surface area contributed by atoms with Crippen LogP contribution in [0.3, 0.4) is 0 Å². The fourth-order valence-electron chi connectivity index (χ4n) is 6.25. The van der Waals surface area contributed by atoms with Gasteiger partial charge in [0, 0.05) is 17.0 Å². The van der Waals surface area contributed by atoms with Crippen molar-refractivity contribution >= 4 is 8.32 Å². The lowest BCUT2D eigenvalue weighted by atomic mass is 9.88. The van der Waals surface area contributed by atoms with Crippen LogP contribution < -0.4 is 28.4 Å². The third kappa shape index (κ3) is 6.68. The van der Waals surface area contributed by atoms with Gasteiger partial charge in [-0.25, -0.2) is 0 Å². The molecule has 0 fully saturated rings. The number of benzene rings is 2. The van der Waals surface area contributed by atoms with Crippen LogP contribution in [-0.4, -0.2) is 62.7 Å². The highest BCUT2D eigenvalue weighted by Gasteiger charge is 2.45. The summed E-state index contributed by atoms with van der Waals surface area (Å²) in [5.41, 5.74) is 4.04. The summed E-state index contributed by atoms with van der Waals surface area (Å²) in [5, 5.41) is 11.8. The van der Waals surface area contributed by atoms with Crippen molar-refractivity contribution in [2.24, 2.45) is 5.92 Å². The smallest absolute Gasteiger partial charge is 0.204 e. The SMILES string of the molecule is C=C(CO[Si](C(C)C)(C(C)C)C(C)C)[C@@H](C)[C@@H](O)c1cc(-c2cc(OC)c(OC)c(OC)c2)c(OC)c(OC)c1OC. The predicted octanol–water partition coefficient (Wildman–Crippen LogP) is 7.82. The first-order valence-corrected chi connectivity index (χ1v) is 16.6. The van der Waals surface area contributed by atoms with E-state index in [4.69, 9.17) is 32.8 Å². The maximum absolute atomic E-state index is 11.8. The second-order valence-electron chi connectivity index (χ2n) is 11.5. The molecule has 9 heteroatoms. The van der Waals surface area contributed by atoms with Crippen molar-refractivity contribution in [3.05, 3.63) is 35.9 Å². The van der Waals surface area contributed by atoms with Crippen molar-refractivity contribution < 1.29 is 38.0 Å². The fraction of sp³-hybridized carbons (Fsp3) is 0.576. The first-order chi connectivity index (χ1) is 19.8. The van der Waals surface area contributed by atoms with Crippen LogP contribution in [0.5, 0.6) is 34.5 Å². The Balaban J connectivity index is 2.65. The molecule has 0 aromatic heterocycles. The minimum atomic E-state index is -2.11. The van der Waals surface area contributed by atoms with Gasteiger partial charge in [-0.1, -0.05) is 55.0 Å². The van der Waals surface area contributed by atoms with E-state index in [1.807, 2.05) is 25.1 Å². The number of methoxy groups -OCH3 is 6. The van der Waals surface area contributed by atoms with Gasteiger partial charge in [-0.05, 0) is 46.0 Å². The first-order valence-electron chi connectivity index (χ1n) is 14.4. The average molecular weight is 605 g/mol. The molecule has 2 aromatic rings. The van der Waals surface area contributed by atoms with Gasteiger partial charge >= 0.3 is 0 Å². The molecule has 0 saturated carbocycles. The van der Waals surface area contributed by atoms with Gasteiger partial charge in [0.1, 0.15) is 0 Å². The van der Waals surface area contributed by atoms with E-state index in [0.717, 1.165) is 5.57 Å². The van der Waals surface area contributed by atoms with E-state index in [1.165, 1.54) is 0 Å². The van der Waals surface area contributed by atoms with Gasteiger partial charge in [-0.2, -0.15) is 0 Å². The lowest BCUT2D eigenvalue weighted by Crippen LogP contribution is -2.48. The maximum Gasteiger partial charge on any atom is 0.204 e. The molecule has 0 aliphatic carbocycles. The van der Waals surface area contributed by atoms with Crippen molar-refractivity contribution in [2.75, 3.05) is 49.3 Å². The average Bonchev–Trinajstić information content (AvgIpc) is 2.97. The molecule has 0 aliphatic heterocycles. The van der Waals surface area contributed by atoms with E-state index in [2.05, 4.69) is 48.1 Å². The van der Waals surface area contributed by atoms with E-state index < -0.39 is 14.4 Å². The Kier molecular flexibility index (Phi) is 12.6. The summed E-state index contributed by atoms with van der Waals surface area (Å²) >= 11 is 0. The van der Waals surface area contributed by atoms with Gasteiger partial charge in [-0.3, -0.25) is 0 Å². The standard InChI is InChI=1S/C33H52O8Si/c1-19(2)42(20(3)4,21(5)6)41-18-22(7)23(8)29(34)26-17-25(30(37-11)33(40-14)31(26)38-12)24-15-27(35-9)32(39-13)28(16-24)36-10/h15-17,19-21,23,29,34H,7,18H2,1-6,8-14H3/t23-,29-/m1/s1. The van der Waals surface area contributed by atoms with Crippen molar-refractivity contribution in [3.8, 4) is 45.6 Å². The third-order valence-corrected chi connectivity index (χ3v) is 14.5. The van der Waals surface area contributed by atoms with Gasteiger partial charge in [0.25, 0.3) is 0 Å². The molecule has 42 heavy (non-hydrogen) atoms. The van der Waals surface area contributed by atoms with E-state index in [-0.39, 0.29) is 5.92 Å². The quantitative estimate of drug-likeness (QED) is 0.153. The zero-order valence-electron chi connectivity index (χ0n) is 27.8. The van der Waals surface area contributed by atoms with E-state index in [9.17, 15) is 5.11 Å². The molecular formula is C33H52O8Si. The molecule has 0 amide bonds. The minimum absolute atomic E-state index is 0.344. The highest BCUT2D eigenvalue weighted by atomic mass is 28.4. The molecule has 2 rings (SSSR count). The topological polar surface area (TPSA) is 84.8 Å². The summed E-state index contributed by atoms with van der Waals surface area (Å²) in [4.78, 5) is 0. The zero-order chi connectivity index (χ0) is 31.9. The van der Waals surface area contributed by atoms with Crippen LogP contribution in [0, 0.1) is 5.92 Å². The van der Waals surface area contributed by atoms with Crippen molar-refractivity contribution in [3.63, 3.8) is 0 Å². The molecule has 0 unspecified atom stereocenters. The molecule has 0 heterocycles. The summed E-state index contributed by atoms with van der Waals surface area (Å²) in [7, 11) is 7.21. The Morgan fingerprint density at radius 2 is 1.12 bits per heavy atom. The summed E-state index contributed by atoms with van der Waals surface area (Å²) in [6.07, 6.45) is -0.968. The highest BCUT2D eigenvalue weighted by Crippen LogP contribution is 2.52. The normalized spacial score (nSPS) is 13.3. The lowest BCUT2D eigenvalue weighted by Gasteiger charge is -2.42. The minimum Gasteiger partial charge on any atom is -0.493 e. The van der Waals surface area contributed by atoms with Gasteiger partial charge in [-0.15, -0.1) is 0 Å². The Labute approximate surface area is 254 Å². The lowest BCUT2D eigenvalue weighted by molar-refractivity contribution is 0.123. The summed E-state index contributed by atoms with van der Waals surface area (Å²) < 4.78 is 40.9. The molecular weight excluding hydrogens is 552 g/mol. The molecule has 0 bridgehead atoms. The molecule has 0 spiro atoms. The van der Waals surface area contributed by atoms with Gasteiger partial charge < -0.3 is 38.0 Å². The van der Waals surface area contributed by atoms with Crippen molar-refractivity contribution in [1.82, 2.24) is 0 Å². The van der Waals surface area contributed by atoms with Crippen LogP contribution in [0.1, 0.15) is 60.1 Å². The number of hydrogen-bond donors (Lipinski definition) is 1. The third-order valence-electron chi connectivity index (χ3n) is 8.46. The molecule has 2 atom stereocenters. The van der Waals surface area contributed by atoms with E-state index in [0.29, 0.717) is 74.4 Å². The van der Waals surface area contributed by atoms with Crippen molar-refractivity contribution in [1.29, 1.82) is 0 Å². The highest BCUT2D eigenvalue weighted by molar-refractivity contribution is 6.77. The summed E-state index contributed by atoms with van der Waals surface area (Å²) in [5.74, 6) is 2.28. The molecule has 0 saturated heterocycles. The number of hydrogen-bond acceptors (Lipinski definition) is 8. The number of rotatable bonds is 16. The zero-order valence-corrected chi connectivity index (χ0v) is 28.8. The molecule has 0 radical (unpaired) electrons. The van der Waals surface area contributed by atoms with Gasteiger partial charge in [0.2, 0.25) is 19.8 Å². The summed E-state index contributed by atoms with van der Waals surface area (Å²) in [6, 6.07) is 5.50. The van der Waals surface area contributed by atoms with E-state index >= 15 is 0 Å². The molecule has 2 aromatic carbocycles.